The molecule has 0 bridgehead atoms. The molecule has 0 saturated heterocycles. The van der Waals surface area contributed by atoms with Crippen LogP contribution in [0, 0.1) is 5.41 Å². The Labute approximate surface area is 121 Å². The van der Waals surface area contributed by atoms with Gasteiger partial charge in [0.05, 0.1) is 18.8 Å². The van der Waals surface area contributed by atoms with Crippen LogP contribution in [0.3, 0.4) is 0 Å². The van der Waals surface area contributed by atoms with Crippen molar-refractivity contribution in [3.63, 3.8) is 0 Å². The summed E-state index contributed by atoms with van der Waals surface area (Å²) in [7, 11) is 0. The quantitative estimate of drug-likeness (QED) is 0.864. The fourth-order valence-corrected chi connectivity index (χ4v) is 4.05. The van der Waals surface area contributed by atoms with Crippen molar-refractivity contribution >= 4 is 0 Å². The molecule has 1 spiro atoms. The zero-order valence-electron chi connectivity index (χ0n) is 12.4. The molecule has 2 aliphatic rings. The molecule has 5 heteroatoms. The first-order valence-corrected chi connectivity index (χ1v) is 8.04. The van der Waals surface area contributed by atoms with Crippen LogP contribution in [0.15, 0.2) is 12.4 Å². The summed E-state index contributed by atoms with van der Waals surface area (Å²) in [5, 5.41) is 11.6. The van der Waals surface area contributed by atoms with E-state index in [4.69, 9.17) is 4.74 Å². The van der Waals surface area contributed by atoms with Gasteiger partial charge in [-0.05, 0) is 26.2 Å². The molecule has 1 aromatic rings. The molecule has 1 aromatic heterocycles. The number of hydrogen-bond acceptors (Lipinski definition) is 4. The smallest absolute Gasteiger partial charge is 0.0692 e. The molecule has 2 aliphatic carbocycles. The minimum absolute atomic E-state index is 0.413. The Morgan fingerprint density at radius 2 is 2.20 bits per heavy atom. The van der Waals surface area contributed by atoms with Gasteiger partial charge in [-0.1, -0.05) is 24.5 Å². The highest BCUT2D eigenvalue weighted by Gasteiger charge is 2.55. The summed E-state index contributed by atoms with van der Waals surface area (Å²) >= 11 is 0. The molecule has 0 amide bonds. The van der Waals surface area contributed by atoms with Crippen molar-refractivity contribution in [1.29, 1.82) is 0 Å². The maximum absolute atomic E-state index is 5.99. The monoisotopic (exact) mass is 278 g/mol. The average molecular weight is 278 g/mol. The predicted octanol–water partition coefficient (Wildman–Crippen LogP) is 2.00. The zero-order valence-corrected chi connectivity index (χ0v) is 12.4. The normalized spacial score (nSPS) is 28.4. The third-order valence-corrected chi connectivity index (χ3v) is 5.14. The van der Waals surface area contributed by atoms with Crippen LogP contribution in [0.25, 0.3) is 0 Å². The number of hydrogen-bond donors (Lipinski definition) is 1. The molecule has 3 rings (SSSR count). The summed E-state index contributed by atoms with van der Waals surface area (Å²) < 4.78 is 7.87. The van der Waals surface area contributed by atoms with Gasteiger partial charge in [0.2, 0.25) is 0 Å². The summed E-state index contributed by atoms with van der Waals surface area (Å²) in [5.41, 5.74) is 0.413. The Morgan fingerprint density at radius 1 is 1.35 bits per heavy atom. The molecule has 0 radical (unpaired) electrons. The van der Waals surface area contributed by atoms with Crippen LogP contribution in [0.4, 0.5) is 0 Å². The van der Waals surface area contributed by atoms with E-state index in [9.17, 15) is 0 Å². The fraction of sp³-hybridized carbons (Fsp3) is 0.867. The van der Waals surface area contributed by atoms with Gasteiger partial charge in [-0.3, -0.25) is 4.68 Å². The van der Waals surface area contributed by atoms with Gasteiger partial charge in [0, 0.05) is 30.8 Å². The maximum Gasteiger partial charge on any atom is 0.0692 e. The number of nitrogens with zero attached hydrogens (tertiary/aromatic N) is 3. The van der Waals surface area contributed by atoms with E-state index in [-0.39, 0.29) is 0 Å². The minimum atomic E-state index is 0.413. The molecular formula is C15H26N4O. The van der Waals surface area contributed by atoms with E-state index in [1.807, 2.05) is 10.9 Å². The van der Waals surface area contributed by atoms with Gasteiger partial charge < -0.3 is 10.1 Å². The molecule has 112 valence electrons. The van der Waals surface area contributed by atoms with Crippen LogP contribution in [0.2, 0.25) is 0 Å². The summed E-state index contributed by atoms with van der Waals surface area (Å²) in [4.78, 5) is 0. The zero-order chi connectivity index (χ0) is 13.8. The first-order valence-electron chi connectivity index (χ1n) is 8.04. The molecular weight excluding hydrogens is 252 g/mol. The van der Waals surface area contributed by atoms with Crippen LogP contribution in [-0.2, 0) is 11.3 Å². The summed E-state index contributed by atoms with van der Waals surface area (Å²) in [6.45, 7) is 4.82. The molecule has 20 heavy (non-hydrogen) atoms. The van der Waals surface area contributed by atoms with E-state index in [2.05, 4.69) is 22.6 Å². The van der Waals surface area contributed by atoms with Gasteiger partial charge in [-0.25, -0.2) is 0 Å². The van der Waals surface area contributed by atoms with E-state index in [1.54, 1.807) is 6.20 Å². The minimum Gasteiger partial charge on any atom is -0.378 e. The van der Waals surface area contributed by atoms with Crippen LogP contribution in [-0.4, -0.2) is 40.3 Å². The van der Waals surface area contributed by atoms with Gasteiger partial charge >= 0.3 is 0 Å². The Bertz CT molecular complexity index is 400. The second-order valence-corrected chi connectivity index (χ2v) is 6.15. The third-order valence-electron chi connectivity index (χ3n) is 5.14. The summed E-state index contributed by atoms with van der Waals surface area (Å²) in [6.07, 6.45) is 12.1. The molecule has 2 unspecified atom stereocenters. The molecule has 5 nitrogen and oxygen atoms in total. The number of nitrogens with one attached hydrogen (secondary N) is 1. The first-order chi connectivity index (χ1) is 9.85. The Hall–Kier alpha value is -0.940. The van der Waals surface area contributed by atoms with E-state index < -0.39 is 0 Å². The highest BCUT2D eigenvalue weighted by molar-refractivity contribution is 5.08. The van der Waals surface area contributed by atoms with Crippen molar-refractivity contribution in [3.05, 3.63) is 12.4 Å². The van der Waals surface area contributed by atoms with Crippen LogP contribution in [0.1, 0.15) is 45.4 Å². The van der Waals surface area contributed by atoms with Crippen molar-refractivity contribution in [2.24, 2.45) is 5.41 Å². The van der Waals surface area contributed by atoms with Gasteiger partial charge in [0.1, 0.15) is 0 Å². The van der Waals surface area contributed by atoms with Crippen molar-refractivity contribution in [2.75, 3.05) is 13.2 Å². The van der Waals surface area contributed by atoms with Crippen LogP contribution >= 0.6 is 0 Å². The second kappa shape index (κ2) is 6.22. The topological polar surface area (TPSA) is 52.0 Å². The summed E-state index contributed by atoms with van der Waals surface area (Å²) in [5.74, 6) is 0. The third kappa shape index (κ3) is 2.61. The van der Waals surface area contributed by atoms with E-state index in [0.29, 0.717) is 17.6 Å². The molecule has 0 aliphatic heterocycles. The summed E-state index contributed by atoms with van der Waals surface area (Å²) in [6, 6.07) is 0.628. The first kappa shape index (κ1) is 14.0. The highest BCUT2D eigenvalue weighted by Crippen LogP contribution is 2.53. The van der Waals surface area contributed by atoms with Crippen LogP contribution in [0.5, 0.6) is 0 Å². The van der Waals surface area contributed by atoms with Gasteiger partial charge in [-0.2, -0.15) is 0 Å². The number of rotatable bonds is 6. The van der Waals surface area contributed by atoms with Crippen molar-refractivity contribution in [1.82, 2.24) is 20.3 Å². The SMILES string of the molecule is CCOC1CC(NCCn2ccnn2)C12CCCCC2. The number of aromatic nitrogens is 3. The molecule has 0 aromatic carbocycles. The van der Waals surface area contributed by atoms with Gasteiger partial charge in [-0.15, -0.1) is 5.10 Å². The van der Waals surface area contributed by atoms with Crippen molar-refractivity contribution in [3.8, 4) is 0 Å². The lowest BCUT2D eigenvalue weighted by molar-refractivity contribution is -0.149. The van der Waals surface area contributed by atoms with Crippen LogP contribution < -0.4 is 5.32 Å². The van der Waals surface area contributed by atoms with E-state index >= 15 is 0 Å². The van der Waals surface area contributed by atoms with Crippen molar-refractivity contribution < 1.29 is 4.74 Å². The second-order valence-electron chi connectivity index (χ2n) is 6.15. The Morgan fingerprint density at radius 3 is 2.90 bits per heavy atom. The lowest BCUT2D eigenvalue weighted by Crippen LogP contribution is -2.64. The standard InChI is InChI=1S/C15H26N4O/c1-2-20-14-12-13(15(14)6-4-3-5-7-15)16-8-10-19-11-9-17-18-19/h9,11,13-14,16H,2-8,10,12H2,1H3. The molecule has 1 N–H and O–H groups in total. The maximum atomic E-state index is 5.99. The van der Waals surface area contributed by atoms with Gasteiger partial charge in [0.25, 0.3) is 0 Å². The average Bonchev–Trinajstić information content (AvgIpc) is 3.00. The fourth-order valence-electron chi connectivity index (χ4n) is 4.05. The predicted molar refractivity (Wildman–Crippen MR) is 77.4 cm³/mol. The van der Waals surface area contributed by atoms with Gasteiger partial charge in [0.15, 0.2) is 0 Å². The molecule has 2 atom stereocenters. The lowest BCUT2D eigenvalue weighted by atomic mass is 9.55. The Balaban J connectivity index is 1.53. The Kier molecular flexibility index (Phi) is 4.36. The highest BCUT2D eigenvalue weighted by atomic mass is 16.5. The lowest BCUT2D eigenvalue weighted by Gasteiger charge is -2.58. The molecule has 2 fully saturated rings. The van der Waals surface area contributed by atoms with E-state index in [1.165, 1.54) is 38.5 Å². The molecule has 2 saturated carbocycles. The molecule has 1 heterocycles. The van der Waals surface area contributed by atoms with Crippen molar-refractivity contribution in [2.45, 2.75) is 64.1 Å². The van der Waals surface area contributed by atoms with E-state index in [0.717, 1.165) is 19.7 Å². The largest absolute Gasteiger partial charge is 0.378 e. The number of ether oxygens (including phenoxy) is 1.